The van der Waals surface area contributed by atoms with Gasteiger partial charge in [-0.25, -0.2) is 4.68 Å². The van der Waals surface area contributed by atoms with Gasteiger partial charge in [-0.15, -0.1) is 5.10 Å². The second kappa shape index (κ2) is 8.27. The summed E-state index contributed by atoms with van der Waals surface area (Å²) >= 11 is 0. The smallest absolute Gasteiger partial charge is 0.168 e. The van der Waals surface area contributed by atoms with Crippen LogP contribution in [0.4, 0.5) is 0 Å². The molecule has 26 heavy (non-hydrogen) atoms. The van der Waals surface area contributed by atoms with E-state index < -0.39 is 0 Å². The number of nitrogens with zero attached hydrogens (tertiary/aromatic N) is 6. The van der Waals surface area contributed by atoms with Crippen molar-refractivity contribution in [3.8, 4) is 0 Å². The largest absolute Gasteiger partial charge is 0.297 e. The first-order valence-electron chi connectivity index (χ1n) is 9.78. The second-order valence-electron chi connectivity index (χ2n) is 8.22. The van der Waals surface area contributed by atoms with Crippen molar-refractivity contribution in [2.24, 2.45) is 0 Å². The van der Waals surface area contributed by atoms with Crippen molar-refractivity contribution in [2.45, 2.75) is 58.7 Å². The molecule has 0 N–H and O–H groups in total. The summed E-state index contributed by atoms with van der Waals surface area (Å²) in [4.78, 5) is 5.11. The first kappa shape index (κ1) is 19.0. The topological polar surface area (TPSA) is 50.1 Å². The van der Waals surface area contributed by atoms with Gasteiger partial charge < -0.3 is 0 Å². The van der Waals surface area contributed by atoms with Gasteiger partial charge in [-0.3, -0.25) is 9.80 Å². The van der Waals surface area contributed by atoms with Gasteiger partial charge in [-0.2, -0.15) is 0 Å². The quantitative estimate of drug-likeness (QED) is 0.796. The first-order chi connectivity index (χ1) is 12.5. The van der Waals surface area contributed by atoms with Crippen LogP contribution in [-0.4, -0.2) is 56.2 Å². The zero-order valence-corrected chi connectivity index (χ0v) is 16.6. The molecule has 2 heterocycles. The fourth-order valence-corrected chi connectivity index (χ4v) is 3.70. The number of piperazine rings is 1. The summed E-state index contributed by atoms with van der Waals surface area (Å²) in [5, 5.41) is 12.7. The van der Waals surface area contributed by atoms with Crippen LogP contribution in [0.3, 0.4) is 0 Å². The number of benzene rings is 1. The normalized spacial score (nSPS) is 18.2. The Morgan fingerprint density at radius 2 is 1.73 bits per heavy atom. The van der Waals surface area contributed by atoms with E-state index in [0.29, 0.717) is 6.04 Å². The Hall–Kier alpha value is -1.79. The molecule has 0 spiro atoms. The van der Waals surface area contributed by atoms with Crippen LogP contribution >= 0.6 is 0 Å². The average molecular weight is 357 g/mol. The molecule has 0 aliphatic carbocycles. The highest BCUT2D eigenvalue weighted by atomic mass is 15.6. The lowest BCUT2D eigenvalue weighted by Gasteiger charge is -2.39. The Morgan fingerprint density at radius 1 is 1.04 bits per heavy atom. The molecule has 1 aromatic heterocycles. The average Bonchev–Trinajstić information content (AvgIpc) is 3.11. The molecule has 0 saturated carbocycles. The molecular formula is C20H32N6. The van der Waals surface area contributed by atoms with Crippen LogP contribution in [0.15, 0.2) is 30.3 Å². The molecular weight excluding hydrogens is 324 g/mol. The summed E-state index contributed by atoms with van der Waals surface area (Å²) in [5.74, 6) is 1.01. The highest BCUT2D eigenvalue weighted by molar-refractivity contribution is 5.14. The van der Waals surface area contributed by atoms with Crippen molar-refractivity contribution in [3.05, 3.63) is 41.7 Å². The molecule has 2 aromatic rings. The van der Waals surface area contributed by atoms with Crippen molar-refractivity contribution in [1.82, 2.24) is 30.0 Å². The van der Waals surface area contributed by atoms with Crippen molar-refractivity contribution in [3.63, 3.8) is 0 Å². The molecule has 1 saturated heterocycles. The van der Waals surface area contributed by atoms with E-state index in [1.165, 1.54) is 5.56 Å². The van der Waals surface area contributed by atoms with Gasteiger partial charge in [0.2, 0.25) is 0 Å². The van der Waals surface area contributed by atoms with E-state index in [4.69, 9.17) is 0 Å². The van der Waals surface area contributed by atoms with Crippen LogP contribution < -0.4 is 0 Å². The number of hydrogen-bond acceptors (Lipinski definition) is 5. The maximum absolute atomic E-state index is 4.41. The lowest BCUT2D eigenvalue weighted by atomic mass is 10.0. The van der Waals surface area contributed by atoms with Gasteiger partial charge >= 0.3 is 0 Å². The lowest BCUT2D eigenvalue weighted by molar-refractivity contribution is 0.0795. The Morgan fingerprint density at radius 3 is 2.35 bits per heavy atom. The third-order valence-corrected chi connectivity index (χ3v) is 5.09. The van der Waals surface area contributed by atoms with Crippen molar-refractivity contribution in [1.29, 1.82) is 0 Å². The molecule has 1 atom stereocenters. The van der Waals surface area contributed by atoms with Crippen LogP contribution in [0, 0.1) is 0 Å². The van der Waals surface area contributed by atoms with E-state index in [2.05, 4.69) is 83.4 Å². The van der Waals surface area contributed by atoms with E-state index in [0.717, 1.165) is 51.4 Å². The van der Waals surface area contributed by atoms with Crippen LogP contribution in [-0.2, 0) is 12.1 Å². The lowest BCUT2D eigenvalue weighted by Crippen LogP contribution is -2.48. The highest BCUT2D eigenvalue weighted by Gasteiger charge is 2.31. The van der Waals surface area contributed by atoms with Crippen molar-refractivity contribution < 1.29 is 0 Å². The Kier molecular flexibility index (Phi) is 6.04. The molecule has 1 fully saturated rings. The third kappa shape index (κ3) is 4.48. The zero-order valence-electron chi connectivity index (χ0n) is 16.6. The van der Waals surface area contributed by atoms with Gasteiger partial charge in [0.05, 0.1) is 11.6 Å². The number of rotatable bonds is 6. The molecule has 1 unspecified atom stereocenters. The summed E-state index contributed by atoms with van der Waals surface area (Å²) in [7, 11) is 0. The van der Waals surface area contributed by atoms with Crippen molar-refractivity contribution >= 4 is 0 Å². The van der Waals surface area contributed by atoms with Crippen LogP contribution in [0.5, 0.6) is 0 Å². The predicted octanol–water partition coefficient (Wildman–Crippen LogP) is 3.09. The highest BCUT2D eigenvalue weighted by Crippen LogP contribution is 2.28. The molecule has 142 valence electrons. The van der Waals surface area contributed by atoms with E-state index in [1.54, 1.807) is 0 Å². The SMILES string of the molecule is CCCC(c1nnnn1C(C)(C)C)N1CCN(Cc2ccccc2)CC1. The summed E-state index contributed by atoms with van der Waals surface area (Å²) in [6.45, 7) is 14.1. The van der Waals surface area contributed by atoms with E-state index in [9.17, 15) is 0 Å². The molecule has 1 aromatic carbocycles. The number of tetrazole rings is 1. The first-order valence-corrected chi connectivity index (χ1v) is 9.78. The van der Waals surface area contributed by atoms with Gasteiger partial charge in [0.25, 0.3) is 0 Å². The second-order valence-corrected chi connectivity index (χ2v) is 8.22. The summed E-state index contributed by atoms with van der Waals surface area (Å²) in [6.07, 6.45) is 2.22. The zero-order chi connectivity index (χ0) is 18.6. The Balaban J connectivity index is 1.67. The van der Waals surface area contributed by atoms with E-state index >= 15 is 0 Å². The maximum atomic E-state index is 4.41. The molecule has 6 heteroatoms. The number of hydrogen-bond donors (Lipinski definition) is 0. The van der Waals surface area contributed by atoms with Gasteiger partial charge in [0.1, 0.15) is 0 Å². The third-order valence-electron chi connectivity index (χ3n) is 5.09. The summed E-state index contributed by atoms with van der Waals surface area (Å²) in [6, 6.07) is 11.0. The van der Waals surface area contributed by atoms with E-state index in [1.807, 2.05) is 4.68 Å². The standard InChI is InChI=1S/C20H32N6/c1-5-9-18(19-21-22-23-26(19)20(2,3)4)25-14-12-24(13-15-25)16-17-10-7-6-8-11-17/h6-8,10-11,18H,5,9,12-16H2,1-4H3. The van der Waals surface area contributed by atoms with Crippen LogP contribution in [0.2, 0.25) is 0 Å². The molecule has 0 amide bonds. The maximum Gasteiger partial charge on any atom is 0.168 e. The Bertz CT molecular complexity index is 667. The molecule has 1 aliphatic heterocycles. The fourth-order valence-electron chi connectivity index (χ4n) is 3.70. The van der Waals surface area contributed by atoms with Gasteiger partial charge in [0.15, 0.2) is 5.82 Å². The van der Waals surface area contributed by atoms with Crippen molar-refractivity contribution in [2.75, 3.05) is 26.2 Å². The number of aromatic nitrogens is 4. The van der Waals surface area contributed by atoms with E-state index in [-0.39, 0.29) is 5.54 Å². The minimum Gasteiger partial charge on any atom is -0.297 e. The van der Waals surface area contributed by atoms with Gasteiger partial charge in [-0.1, -0.05) is 43.7 Å². The molecule has 0 bridgehead atoms. The molecule has 6 nitrogen and oxygen atoms in total. The summed E-state index contributed by atoms with van der Waals surface area (Å²) < 4.78 is 2.00. The van der Waals surface area contributed by atoms with Gasteiger partial charge in [0, 0.05) is 32.7 Å². The monoisotopic (exact) mass is 356 g/mol. The fraction of sp³-hybridized carbons (Fsp3) is 0.650. The predicted molar refractivity (Wildman–Crippen MR) is 104 cm³/mol. The Labute approximate surface area is 157 Å². The molecule has 0 radical (unpaired) electrons. The minimum absolute atomic E-state index is 0.0973. The minimum atomic E-state index is -0.0973. The van der Waals surface area contributed by atoms with Crippen LogP contribution in [0.25, 0.3) is 0 Å². The summed E-state index contributed by atoms with van der Waals surface area (Å²) in [5.41, 5.74) is 1.29. The van der Waals surface area contributed by atoms with Crippen LogP contribution in [0.1, 0.15) is 58.0 Å². The molecule has 1 aliphatic rings. The molecule has 3 rings (SSSR count). The van der Waals surface area contributed by atoms with Gasteiger partial charge in [-0.05, 0) is 43.2 Å².